The summed E-state index contributed by atoms with van der Waals surface area (Å²) in [5.41, 5.74) is -0.154. The van der Waals surface area contributed by atoms with E-state index in [-0.39, 0.29) is 36.2 Å². The second kappa shape index (κ2) is 25.6. The molecule has 306 valence electrons. The summed E-state index contributed by atoms with van der Waals surface area (Å²) in [6, 6.07) is 0. The van der Waals surface area contributed by atoms with Gasteiger partial charge in [-0.2, -0.15) is 0 Å². The van der Waals surface area contributed by atoms with Gasteiger partial charge < -0.3 is 24.6 Å². The standard InChI is InChI=1S/C44H79N3O6/c1-8-18-37(19-9-2)33-52-40(49)22-16-25-44(47(35-48)29-15-14-28-46(12-5)13-6,26-17-23-41(50)53-34-38(20-10-3)21-11-4)42(51)45-43-27-24-39(32-43)30-36(7)31-43/h24,35-38H,8-23,25-34H2,1-7H3,(H,45,51). The molecule has 0 aromatic heterocycles. The van der Waals surface area contributed by atoms with E-state index in [0.717, 1.165) is 116 Å². The van der Waals surface area contributed by atoms with Gasteiger partial charge in [0.2, 0.25) is 12.3 Å². The summed E-state index contributed by atoms with van der Waals surface area (Å²) in [7, 11) is 0. The van der Waals surface area contributed by atoms with Crippen molar-refractivity contribution in [3.8, 4) is 0 Å². The molecule has 2 amide bonds. The average Bonchev–Trinajstić information content (AvgIpc) is 3.43. The summed E-state index contributed by atoms with van der Waals surface area (Å²) in [4.78, 5) is 58.3. The van der Waals surface area contributed by atoms with Crippen LogP contribution < -0.4 is 5.32 Å². The lowest BCUT2D eigenvalue weighted by Crippen LogP contribution is -2.63. The molecule has 2 atom stereocenters. The van der Waals surface area contributed by atoms with Crippen molar-refractivity contribution in [1.82, 2.24) is 15.1 Å². The summed E-state index contributed by atoms with van der Waals surface area (Å²) in [6.45, 7) is 19.3. The highest BCUT2D eigenvalue weighted by Gasteiger charge is 2.48. The van der Waals surface area contributed by atoms with E-state index >= 15 is 0 Å². The third kappa shape index (κ3) is 16.1. The van der Waals surface area contributed by atoms with Crippen LogP contribution in [-0.4, -0.2) is 84.5 Å². The Balaban J connectivity index is 2.33. The zero-order chi connectivity index (χ0) is 39.1. The first-order valence-electron chi connectivity index (χ1n) is 21.8. The Morgan fingerprint density at radius 2 is 1.34 bits per heavy atom. The fourth-order valence-corrected chi connectivity index (χ4v) is 9.09. The summed E-state index contributed by atoms with van der Waals surface area (Å²) in [6.07, 6.45) is 18.6. The maximum Gasteiger partial charge on any atom is 0.305 e. The first-order chi connectivity index (χ1) is 25.5. The monoisotopic (exact) mass is 746 g/mol. The SMILES string of the molecule is CCCC(CCC)COC(=O)CCCC(CCCC(=O)OCC(CCC)CCC)(C(=O)NC12CC=C(CC(C)C1)C2)N(C=O)CCCCN(CC)CC. The molecule has 0 aromatic rings. The van der Waals surface area contributed by atoms with Crippen LogP contribution in [0.25, 0.3) is 0 Å². The third-order valence-corrected chi connectivity index (χ3v) is 11.9. The Labute approximate surface area is 324 Å². The van der Waals surface area contributed by atoms with E-state index in [2.05, 4.69) is 64.8 Å². The molecular formula is C44H79N3O6. The van der Waals surface area contributed by atoms with Gasteiger partial charge in [0.25, 0.3) is 0 Å². The number of rotatable bonds is 31. The molecule has 0 radical (unpaired) electrons. The molecule has 0 saturated heterocycles. The van der Waals surface area contributed by atoms with Crippen molar-refractivity contribution >= 4 is 24.3 Å². The maximum absolute atomic E-state index is 15.0. The van der Waals surface area contributed by atoms with Crippen molar-refractivity contribution in [2.75, 3.05) is 39.4 Å². The first kappa shape index (κ1) is 46.7. The van der Waals surface area contributed by atoms with Gasteiger partial charge in [-0.05, 0) is 127 Å². The lowest BCUT2D eigenvalue weighted by atomic mass is 9.76. The van der Waals surface area contributed by atoms with Crippen LogP contribution in [0.15, 0.2) is 11.6 Å². The summed E-state index contributed by atoms with van der Waals surface area (Å²) >= 11 is 0. The molecule has 0 aromatic carbocycles. The largest absolute Gasteiger partial charge is 0.465 e. The van der Waals surface area contributed by atoms with Gasteiger partial charge in [-0.3, -0.25) is 19.2 Å². The van der Waals surface area contributed by atoms with E-state index in [1.54, 1.807) is 4.90 Å². The molecule has 9 heteroatoms. The smallest absolute Gasteiger partial charge is 0.305 e. The number of hydrogen-bond donors (Lipinski definition) is 1. The lowest BCUT2D eigenvalue weighted by Gasteiger charge is -2.45. The molecule has 2 aliphatic carbocycles. The Hall–Kier alpha value is -2.42. The van der Waals surface area contributed by atoms with Crippen LogP contribution in [0.3, 0.4) is 0 Å². The van der Waals surface area contributed by atoms with Crippen molar-refractivity contribution in [1.29, 1.82) is 0 Å². The van der Waals surface area contributed by atoms with Gasteiger partial charge in [0.1, 0.15) is 5.54 Å². The minimum Gasteiger partial charge on any atom is -0.465 e. The molecule has 1 saturated carbocycles. The van der Waals surface area contributed by atoms with E-state index in [4.69, 9.17) is 9.47 Å². The normalized spacial score (nSPS) is 18.4. The molecular weight excluding hydrogens is 666 g/mol. The Bertz CT molecular complexity index is 1060. The molecule has 2 unspecified atom stereocenters. The van der Waals surface area contributed by atoms with Gasteiger partial charge in [-0.15, -0.1) is 0 Å². The van der Waals surface area contributed by atoms with Gasteiger partial charge in [0.05, 0.1) is 13.2 Å². The highest BCUT2D eigenvalue weighted by molar-refractivity contribution is 5.89. The maximum atomic E-state index is 15.0. The minimum absolute atomic E-state index is 0.157. The lowest BCUT2D eigenvalue weighted by molar-refractivity contribution is -0.148. The minimum atomic E-state index is -1.20. The van der Waals surface area contributed by atoms with Crippen LogP contribution in [0.2, 0.25) is 0 Å². The first-order valence-corrected chi connectivity index (χ1v) is 21.8. The number of carbonyl (C=O) groups excluding carboxylic acids is 4. The number of hydrogen-bond acceptors (Lipinski definition) is 7. The number of nitrogens with one attached hydrogen (secondary N) is 1. The number of unbranched alkanes of at least 4 members (excludes halogenated alkanes) is 1. The van der Waals surface area contributed by atoms with Gasteiger partial charge in [0, 0.05) is 24.9 Å². The molecule has 2 bridgehead atoms. The van der Waals surface area contributed by atoms with Gasteiger partial charge in [-0.1, -0.05) is 85.8 Å². The van der Waals surface area contributed by atoms with Gasteiger partial charge in [0.15, 0.2) is 0 Å². The third-order valence-electron chi connectivity index (χ3n) is 11.9. The van der Waals surface area contributed by atoms with Gasteiger partial charge >= 0.3 is 11.9 Å². The van der Waals surface area contributed by atoms with E-state index in [1.807, 2.05) is 0 Å². The van der Waals surface area contributed by atoms with Crippen LogP contribution in [-0.2, 0) is 28.7 Å². The Kier molecular flexibility index (Phi) is 22.6. The molecule has 1 N–H and O–H groups in total. The molecule has 53 heavy (non-hydrogen) atoms. The zero-order valence-corrected chi connectivity index (χ0v) is 35.1. The van der Waals surface area contributed by atoms with Gasteiger partial charge in [-0.25, -0.2) is 0 Å². The summed E-state index contributed by atoms with van der Waals surface area (Å²) < 4.78 is 11.5. The van der Waals surface area contributed by atoms with E-state index in [0.29, 0.717) is 63.2 Å². The molecule has 9 nitrogen and oxygen atoms in total. The number of ether oxygens (including phenoxy) is 2. The second-order valence-corrected chi connectivity index (χ2v) is 16.5. The number of carbonyl (C=O) groups is 4. The van der Waals surface area contributed by atoms with Crippen LogP contribution in [0.1, 0.15) is 177 Å². The highest BCUT2D eigenvalue weighted by atomic mass is 16.5. The average molecular weight is 746 g/mol. The number of fused-ring (bicyclic) bond motifs is 2. The molecule has 2 aliphatic rings. The van der Waals surface area contributed by atoms with E-state index in [1.165, 1.54) is 5.57 Å². The van der Waals surface area contributed by atoms with Crippen molar-refractivity contribution in [2.24, 2.45) is 17.8 Å². The van der Waals surface area contributed by atoms with Crippen molar-refractivity contribution in [2.45, 2.75) is 188 Å². The predicted molar refractivity (Wildman–Crippen MR) is 215 cm³/mol. The number of amides is 2. The highest BCUT2D eigenvalue weighted by Crippen LogP contribution is 2.44. The predicted octanol–water partition coefficient (Wildman–Crippen LogP) is 9.17. The molecule has 2 rings (SSSR count). The second-order valence-electron chi connectivity index (χ2n) is 16.5. The Morgan fingerprint density at radius 1 is 0.830 bits per heavy atom. The number of esters is 2. The zero-order valence-electron chi connectivity index (χ0n) is 35.1. The molecule has 0 aliphatic heterocycles. The van der Waals surface area contributed by atoms with Crippen LogP contribution in [0.4, 0.5) is 0 Å². The molecule has 0 spiro atoms. The summed E-state index contributed by atoms with van der Waals surface area (Å²) in [5.74, 6) is 0.525. The topological polar surface area (TPSA) is 105 Å². The van der Waals surface area contributed by atoms with Crippen LogP contribution in [0.5, 0.6) is 0 Å². The quantitative estimate of drug-likeness (QED) is 0.0327. The van der Waals surface area contributed by atoms with Crippen molar-refractivity contribution < 1.29 is 28.7 Å². The van der Waals surface area contributed by atoms with Crippen LogP contribution in [0, 0.1) is 17.8 Å². The number of nitrogens with zero attached hydrogens (tertiary/aromatic N) is 2. The molecule has 1 fully saturated rings. The summed E-state index contributed by atoms with van der Waals surface area (Å²) in [5, 5.41) is 3.52. The van der Waals surface area contributed by atoms with Crippen LogP contribution >= 0.6 is 0 Å². The van der Waals surface area contributed by atoms with E-state index in [9.17, 15) is 19.2 Å². The fourth-order valence-electron chi connectivity index (χ4n) is 9.09. The fraction of sp³-hybridized carbons (Fsp3) is 0.864. The van der Waals surface area contributed by atoms with Crippen molar-refractivity contribution in [3.05, 3.63) is 11.6 Å². The molecule has 0 heterocycles. The van der Waals surface area contributed by atoms with E-state index < -0.39 is 5.54 Å². The Morgan fingerprint density at radius 3 is 1.81 bits per heavy atom. The van der Waals surface area contributed by atoms with Crippen molar-refractivity contribution in [3.63, 3.8) is 0 Å².